The molecule has 6 nitrogen and oxygen atoms in total. The molecule has 1 amide bonds. The molecule has 0 aliphatic carbocycles. The maximum atomic E-state index is 13.2. The van der Waals surface area contributed by atoms with E-state index in [1.807, 2.05) is 0 Å². The van der Waals surface area contributed by atoms with E-state index in [9.17, 15) is 19.8 Å². The SMILES string of the molecule is CC/C=C\C/C=C\C/C=C\C/C=C\C/C=C\CCCCCC(=O)OC(CCCCCCCCCCCCCCCCC)CC(=O)NC(CO)C(O)CCCCCCCCCCCCC. The molecule has 0 aromatic rings. The summed E-state index contributed by atoms with van der Waals surface area (Å²) in [7, 11) is 0. The first-order valence-corrected chi connectivity index (χ1v) is 27.5. The predicted molar refractivity (Wildman–Crippen MR) is 278 cm³/mol. The molecule has 0 saturated carbocycles. The smallest absolute Gasteiger partial charge is 0.306 e. The highest BCUT2D eigenvalue weighted by molar-refractivity contribution is 5.77. The van der Waals surface area contributed by atoms with Crippen LogP contribution in [-0.4, -0.2) is 46.9 Å². The van der Waals surface area contributed by atoms with E-state index < -0.39 is 18.2 Å². The predicted octanol–water partition coefficient (Wildman–Crippen LogP) is 16.8. The average Bonchev–Trinajstić information content (AvgIpc) is 3.29. The molecular weight excluding hydrogens is 791 g/mol. The number of carbonyl (C=O) groups excluding carboxylic acids is 2. The molecule has 3 N–H and O–H groups in total. The summed E-state index contributed by atoms with van der Waals surface area (Å²) >= 11 is 0. The molecule has 0 aliphatic rings. The molecule has 0 aromatic heterocycles. The van der Waals surface area contributed by atoms with Crippen LogP contribution >= 0.6 is 0 Å². The number of aliphatic hydroxyl groups is 2. The van der Waals surface area contributed by atoms with Crippen molar-refractivity contribution in [3.05, 3.63) is 60.8 Å². The number of unbranched alkanes of at least 4 members (excludes halogenated alkanes) is 27. The maximum Gasteiger partial charge on any atom is 0.306 e. The van der Waals surface area contributed by atoms with Gasteiger partial charge in [-0.2, -0.15) is 0 Å². The molecule has 0 saturated heterocycles. The number of allylic oxidation sites excluding steroid dienone is 10. The van der Waals surface area contributed by atoms with Crippen molar-refractivity contribution in [1.29, 1.82) is 0 Å². The molecule has 0 radical (unpaired) electrons. The minimum absolute atomic E-state index is 0.0656. The Bertz CT molecular complexity index is 1140. The Labute approximate surface area is 397 Å². The Balaban J connectivity index is 4.61. The third-order valence-electron chi connectivity index (χ3n) is 12.4. The summed E-state index contributed by atoms with van der Waals surface area (Å²) in [4.78, 5) is 26.2. The van der Waals surface area contributed by atoms with Gasteiger partial charge in [-0.3, -0.25) is 9.59 Å². The van der Waals surface area contributed by atoms with Crippen molar-refractivity contribution in [2.45, 2.75) is 289 Å². The first kappa shape index (κ1) is 61.6. The second-order valence-corrected chi connectivity index (χ2v) is 18.6. The van der Waals surface area contributed by atoms with Crippen LogP contribution in [0.15, 0.2) is 60.8 Å². The van der Waals surface area contributed by atoms with Crippen molar-refractivity contribution in [2.24, 2.45) is 0 Å². The van der Waals surface area contributed by atoms with Crippen LogP contribution in [0.2, 0.25) is 0 Å². The molecule has 0 heterocycles. The standard InChI is InChI=1S/C58H105NO5/c1-4-7-10-13-16-19-22-24-26-27-28-29-31-33-36-39-42-45-48-51-58(63)64-54(49-46-43-40-37-35-32-30-25-23-20-17-14-11-8-5-2)52-57(62)59-55(53-60)56(61)50-47-44-41-38-34-21-18-15-12-9-6-3/h7,10,16,19,24,26,28-29,33,36,54-56,60-61H,4-6,8-9,11-15,17-18,20-23,25,27,30-32,34-35,37-53H2,1-3H3,(H,59,62)/b10-7-,19-16-,26-24-,29-28-,36-33-. The number of aliphatic hydroxyl groups excluding tert-OH is 2. The minimum atomic E-state index is -0.793. The van der Waals surface area contributed by atoms with E-state index in [0.717, 1.165) is 89.9 Å². The molecule has 6 heteroatoms. The van der Waals surface area contributed by atoms with Crippen molar-refractivity contribution >= 4 is 11.9 Å². The molecule has 3 unspecified atom stereocenters. The fraction of sp³-hybridized carbons (Fsp3) is 0.793. The Kier molecular flexibility index (Phi) is 49.6. The molecule has 0 aromatic carbocycles. The van der Waals surface area contributed by atoms with Crippen molar-refractivity contribution < 1.29 is 24.5 Å². The highest BCUT2D eigenvalue weighted by Crippen LogP contribution is 2.18. The largest absolute Gasteiger partial charge is 0.462 e. The van der Waals surface area contributed by atoms with Gasteiger partial charge in [-0.15, -0.1) is 0 Å². The van der Waals surface area contributed by atoms with Crippen LogP contribution in [0.4, 0.5) is 0 Å². The zero-order valence-electron chi connectivity index (χ0n) is 42.4. The van der Waals surface area contributed by atoms with E-state index in [-0.39, 0.29) is 24.9 Å². The van der Waals surface area contributed by atoms with E-state index in [1.54, 1.807) is 0 Å². The van der Waals surface area contributed by atoms with Crippen LogP contribution in [0.5, 0.6) is 0 Å². The number of nitrogens with one attached hydrogen (secondary N) is 1. The number of hydrogen-bond donors (Lipinski definition) is 3. The monoisotopic (exact) mass is 896 g/mol. The van der Waals surface area contributed by atoms with Crippen molar-refractivity contribution in [1.82, 2.24) is 5.32 Å². The Morgan fingerprint density at radius 2 is 0.844 bits per heavy atom. The van der Waals surface area contributed by atoms with E-state index in [4.69, 9.17) is 4.74 Å². The number of rotatable bonds is 49. The van der Waals surface area contributed by atoms with Gasteiger partial charge in [0, 0.05) is 6.42 Å². The van der Waals surface area contributed by atoms with Crippen LogP contribution in [-0.2, 0) is 14.3 Å². The van der Waals surface area contributed by atoms with Gasteiger partial charge in [-0.05, 0) is 70.6 Å². The first-order chi connectivity index (χ1) is 31.5. The van der Waals surface area contributed by atoms with E-state index >= 15 is 0 Å². The number of esters is 1. The summed E-state index contributed by atoms with van der Waals surface area (Å²) in [5.74, 6) is -0.503. The number of ether oxygens (including phenoxy) is 1. The lowest BCUT2D eigenvalue weighted by Crippen LogP contribution is -2.46. The summed E-state index contributed by atoms with van der Waals surface area (Å²) < 4.78 is 5.94. The maximum absolute atomic E-state index is 13.2. The molecule has 0 spiro atoms. The molecule has 0 bridgehead atoms. The second-order valence-electron chi connectivity index (χ2n) is 18.6. The fourth-order valence-corrected chi connectivity index (χ4v) is 8.22. The third kappa shape index (κ3) is 46.1. The highest BCUT2D eigenvalue weighted by Gasteiger charge is 2.24. The molecule has 372 valence electrons. The second kappa shape index (κ2) is 51.5. The molecule has 64 heavy (non-hydrogen) atoms. The van der Waals surface area contributed by atoms with Crippen LogP contribution in [0.3, 0.4) is 0 Å². The van der Waals surface area contributed by atoms with Gasteiger partial charge in [-0.1, -0.05) is 248 Å². The normalized spacial score (nSPS) is 13.6. The average molecular weight is 896 g/mol. The Hall–Kier alpha value is -2.44. The van der Waals surface area contributed by atoms with Gasteiger partial charge in [0.25, 0.3) is 0 Å². The zero-order valence-corrected chi connectivity index (χ0v) is 42.4. The van der Waals surface area contributed by atoms with Crippen LogP contribution in [0.1, 0.15) is 271 Å². The van der Waals surface area contributed by atoms with Gasteiger partial charge in [0.2, 0.25) is 5.91 Å². The van der Waals surface area contributed by atoms with Gasteiger partial charge in [0.05, 0.1) is 25.2 Å². The third-order valence-corrected chi connectivity index (χ3v) is 12.4. The van der Waals surface area contributed by atoms with Gasteiger partial charge in [0.15, 0.2) is 0 Å². The Morgan fingerprint density at radius 1 is 0.469 bits per heavy atom. The lowest BCUT2D eigenvalue weighted by atomic mass is 10.0. The van der Waals surface area contributed by atoms with Crippen LogP contribution in [0, 0.1) is 0 Å². The van der Waals surface area contributed by atoms with Gasteiger partial charge >= 0.3 is 5.97 Å². The topological polar surface area (TPSA) is 95.9 Å². The lowest BCUT2D eigenvalue weighted by Gasteiger charge is -2.24. The lowest BCUT2D eigenvalue weighted by molar-refractivity contribution is -0.151. The fourth-order valence-electron chi connectivity index (χ4n) is 8.22. The molecule has 0 aliphatic heterocycles. The van der Waals surface area contributed by atoms with E-state index in [2.05, 4.69) is 86.8 Å². The first-order valence-electron chi connectivity index (χ1n) is 27.5. The summed E-state index contributed by atoms with van der Waals surface area (Å²) in [5, 5.41) is 23.8. The van der Waals surface area contributed by atoms with E-state index in [1.165, 1.54) is 135 Å². The minimum Gasteiger partial charge on any atom is -0.462 e. The summed E-state index contributed by atoms with van der Waals surface area (Å²) in [5.41, 5.74) is 0. The molecule has 0 rings (SSSR count). The van der Waals surface area contributed by atoms with Crippen LogP contribution in [0.25, 0.3) is 0 Å². The number of amides is 1. The van der Waals surface area contributed by atoms with Gasteiger partial charge in [-0.25, -0.2) is 0 Å². The quantitative estimate of drug-likeness (QED) is 0.0321. The van der Waals surface area contributed by atoms with Crippen LogP contribution < -0.4 is 5.32 Å². The molecule has 0 fully saturated rings. The zero-order chi connectivity index (χ0) is 46.7. The van der Waals surface area contributed by atoms with Crippen molar-refractivity contribution in [3.8, 4) is 0 Å². The summed E-state index contributed by atoms with van der Waals surface area (Å²) in [6.07, 6.45) is 64.2. The number of hydrogen-bond acceptors (Lipinski definition) is 5. The molecule has 3 atom stereocenters. The van der Waals surface area contributed by atoms with Crippen molar-refractivity contribution in [2.75, 3.05) is 6.61 Å². The van der Waals surface area contributed by atoms with E-state index in [0.29, 0.717) is 19.3 Å². The van der Waals surface area contributed by atoms with Crippen molar-refractivity contribution in [3.63, 3.8) is 0 Å². The number of carbonyl (C=O) groups is 2. The molecular formula is C58H105NO5. The Morgan fingerprint density at radius 3 is 1.27 bits per heavy atom. The van der Waals surface area contributed by atoms with Gasteiger partial charge < -0.3 is 20.3 Å². The summed E-state index contributed by atoms with van der Waals surface area (Å²) in [6.45, 7) is 6.37. The summed E-state index contributed by atoms with van der Waals surface area (Å²) in [6, 6.07) is -0.708. The van der Waals surface area contributed by atoms with Gasteiger partial charge in [0.1, 0.15) is 6.10 Å². The highest BCUT2D eigenvalue weighted by atomic mass is 16.5.